The van der Waals surface area contributed by atoms with Gasteiger partial charge in [-0.05, 0) is 56.2 Å². The molecule has 3 rings (SSSR count). The second kappa shape index (κ2) is 6.89. The molecular formula is C19H19ClN4. The number of aryl methyl sites for hydroxylation is 2. The Morgan fingerprint density at radius 3 is 2.46 bits per heavy atom. The van der Waals surface area contributed by atoms with Gasteiger partial charge >= 0.3 is 0 Å². The molecule has 0 saturated carbocycles. The van der Waals surface area contributed by atoms with Crippen molar-refractivity contribution < 1.29 is 0 Å². The molecule has 0 atom stereocenters. The first-order valence-electron chi connectivity index (χ1n) is 7.73. The Morgan fingerprint density at radius 2 is 1.67 bits per heavy atom. The number of rotatable bonds is 4. The summed E-state index contributed by atoms with van der Waals surface area (Å²) in [6, 6.07) is 15.6. The molecule has 2 aromatic carbocycles. The Kier molecular flexibility index (Phi) is 4.67. The summed E-state index contributed by atoms with van der Waals surface area (Å²) >= 11 is 6.03. The van der Waals surface area contributed by atoms with E-state index < -0.39 is 0 Å². The normalized spacial score (nSPS) is 10.5. The summed E-state index contributed by atoms with van der Waals surface area (Å²) in [5.41, 5.74) is 5.19. The molecule has 0 bridgehead atoms. The third kappa shape index (κ3) is 3.84. The summed E-state index contributed by atoms with van der Waals surface area (Å²) in [7, 11) is 0. The monoisotopic (exact) mass is 338 g/mol. The standard InChI is InChI=1S/C19H19ClN4/c1-12-6-4-9-17(14(12)3)23-19-21-13(2)10-18(24-19)22-16-8-5-7-15(20)11-16/h4-11H,1-3H3,(H2,21,22,23,24). The number of hydrogen-bond donors (Lipinski definition) is 2. The minimum absolute atomic E-state index is 0.563. The smallest absolute Gasteiger partial charge is 0.229 e. The first-order valence-corrected chi connectivity index (χ1v) is 8.10. The maximum atomic E-state index is 6.03. The molecule has 5 heteroatoms. The first kappa shape index (κ1) is 16.3. The van der Waals surface area contributed by atoms with Crippen LogP contribution in [0, 0.1) is 20.8 Å². The molecular weight excluding hydrogens is 320 g/mol. The van der Waals surface area contributed by atoms with Crippen molar-refractivity contribution in [3.63, 3.8) is 0 Å². The van der Waals surface area contributed by atoms with E-state index in [9.17, 15) is 0 Å². The molecule has 1 aromatic heterocycles. The van der Waals surface area contributed by atoms with Crippen molar-refractivity contribution in [2.24, 2.45) is 0 Å². The Balaban J connectivity index is 1.87. The van der Waals surface area contributed by atoms with Gasteiger partial charge in [0.2, 0.25) is 5.95 Å². The van der Waals surface area contributed by atoms with Crippen LogP contribution in [0.2, 0.25) is 5.02 Å². The largest absolute Gasteiger partial charge is 0.340 e. The van der Waals surface area contributed by atoms with Gasteiger partial charge in [0.25, 0.3) is 0 Å². The zero-order valence-corrected chi connectivity index (χ0v) is 14.6. The van der Waals surface area contributed by atoms with Crippen molar-refractivity contribution in [1.29, 1.82) is 0 Å². The van der Waals surface area contributed by atoms with Crippen LogP contribution >= 0.6 is 11.6 Å². The highest BCUT2D eigenvalue weighted by Gasteiger charge is 2.06. The van der Waals surface area contributed by atoms with Gasteiger partial charge in [0.05, 0.1) is 0 Å². The van der Waals surface area contributed by atoms with Gasteiger partial charge in [-0.25, -0.2) is 4.98 Å². The molecule has 0 radical (unpaired) electrons. The van der Waals surface area contributed by atoms with Crippen molar-refractivity contribution in [1.82, 2.24) is 9.97 Å². The average Bonchev–Trinajstić information content (AvgIpc) is 2.51. The molecule has 4 nitrogen and oxygen atoms in total. The van der Waals surface area contributed by atoms with E-state index >= 15 is 0 Å². The van der Waals surface area contributed by atoms with Crippen molar-refractivity contribution in [2.45, 2.75) is 20.8 Å². The van der Waals surface area contributed by atoms with Crippen molar-refractivity contribution in [3.05, 3.63) is 70.4 Å². The van der Waals surface area contributed by atoms with Crippen LogP contribution in [0.4, 0.5) is 23.1 Å². The van der Waals surface area contributed by atoms with Crippen LogP contribution in [0.1, 0.15) is 16.8 Å². The number of nitrogens with one attached hydrogen (secondary N) is 2. The summed E-state index contributed by atoms with van der Waals surface area (Å²) in [5.74, 6) is 1.28. The van der Waals surface area contributed by atoms with Crippen molar-refractivity contribution in [2.75, 3.05) is 10.6 Å². The van der Waals surface area contributed by atoms with Gasteiger partial charge in [0.15, 0.2) is 0 Å². The van der Waals surface area contributed by atoms with Gasteiger partial charge in [-0.15, -0.1) is 0 Å². The molecule has 0 amide bonds. The molecule has 0 unspecified atom stereocenters. The van der Waals surface area contributed by atoms with Crippen LogP contribution in [0.5, 0.6) is 0 Å². The number of nitrogens with zero attached hydrogens (tertiary/aromatic N) is 2. The quantitative estimate of drug-likeness (QED) is 0.655. The van der Waals surface area contributed by atoms with E-state index in [0.717, 1.165) is 22.9 Å². The average molecular weight is 339 g/mol. The Morgan fingerprint density at radius 1 is 0.875 bits per heavy atom. The Bertz CT molecular complexity index is 877. The molecule has 0 aliphatic heterocycles. The third-order valence-electron chi connectivity index (χ3n) is 3.80. The van der Waals surface area contributed by atoms with Crippen molar-refractivity contribution >= 4 is 34.7 Å². The van der Waals surface area contributed by atoms with E-state index in [1.54, 1.807) is 0 Å². The predicted molar refractivity (Wildman–Crippen MR) is 101 cm³/mol. The summed E-state index contributed by atoms with van der Waals surface area (Å²) in [6.45, 7) is 6.11. The van der Waals surface area contributed by atoms with Gasteiger partial charge in [-0.3, -0.25) is 0 Å². The van der Waals surface area contributed by atoms with Crippen LogP contribution < -0.4 is 10.6 Å². The highest BCUT2D eigenvalue weighted by molar-refractivity contribution is 6.30. The van der Waals surface area contributed by atoms with E-state index in [2.05, 4.69) is 40.5 Å². The number of benzene rings is 2. The molecule has 0 spiro atoms. The topological polar surface area (TPSA) is 49.8 Å². The molecule has 0 fully saturated rings. The first-order chi connectivity index (χ1) is 11.5. The van der Waals surface area contributed by atoms with E-state index in [1.165, 1.54) is 11.1 Å². The highest BCUT2D eigenvalue weighted by Crippen LogP contribution is 2.23. The molecule has 24 heavy (non-hydrogen) atoms. The van der Waals surface area contributed by atoms with E-state index in [0.29, 0.717) is 11.0 Å². The minimum atomic E-state index is 0.563. The van der Waals surface area contributed by atoms with Crippen LogP contribution in [0.15, 0.2) is 48.5 Å². The second-order valence-electron chi connectivity index (χ2n) is 5.73. The molecule has 3 aromatic rings. The molecule has 0 aliphatic carbocycles. The van der Waals surface area contributed by atoms with Crippen LogP contribution in [-0.4, -0.2) is 9.97 Å². The van der Waals surface area contributed by atoms with Crippen LogP contribution in [-0.2, 0) is 0 Å². The maximum absolute atomic E-state index is 6.03. The highest BCUT2D eigenvalue weighted by atomic mass is 35.5. The lowest BCUT2D eigenvalue weighted by Gasteiger charge is -2.12. The lowest BCUT2D eigenvalue weighted by atomic mass is 10.1. The van der Waals surface area contributed by atoms with E-state index in [-0.39, 0.29) is 0 Å². The fraction of sp³-hybridized carbons (Fsp3) is 0.158. The molecule has 122 valence electrons. The lowest BCUT2D eigenvalue weighted by Crippen LogP contribution is -2.03. The molecule has 0 saturated heterocycles. The fourth-order valence-corrected chi connectivity index (χ4v) is 2.60. The molecule has 1 heterocycles. The summed E-state index contributed by atoms with van der Waals surface area (Å²) in [6.07, 6.45) is 0. The second-order valence-corrected chi connectivity index (χ2v) is 6.16. The van der Waals surface area contributed by atoms with Crippen molar-refractivity contribution in [3.8, 4) is 0 Å². The van der Waals surface area contributed by atoms with Crippen LogP contribution in [0.3, 0.4) is 0 Å². The third-order valence-corrected chi connectivity index (χ3v) is 4.04. The maximum Gasteiger partial charge on any atom is 0.229 e. The molecule has 0 aliphatic rings. The van der Waals surface area contributed by atoms with Gasteiger partial charge in [0, 0.05) is 28.2 Å². The minimum Gasteiger partial charge on any atom is -0.340 e. The van der Waals surface area contributed by atoms with Gasteiger partial charge in [-0.2, -0.15) is 4.98 Å². The summed E-state index contributed by atoms with van der Waals surface area (Å²) < 4.78 is 0. The van der Waals surface area contributed by atoms with E-state index in [4.69, 9.17) is 11.6 Å². The summed E-state index contributed by atoms with van der Waals surface area (Å²) in [5, 5.41) is 7.25. The number of aromatic nitrogens is 2. The zero-order valence-electron chi connectivity index (χ0n) is 13.9. The van der Waals surface area contributed by atoms with Gasteiger partial charge in [0.1, 0.15) is 5.82 Å². The Labute approximate surface area is 146 Å². The number of anilines is 4. The lowest BCUT2D eigenvalue weighted by molar-refractivity contribution is 1.10. The summed E-state index contributed by atoms with van der Waals surface area (Å²) in [4.78, 5) is 9.02. The number of halogens is 1. The predicted octanol–water partition coefficient (Wildman–Crippen LogP) is 5.54. The van der Waals surface area contributed by atoms with E-state index in [1.807, 2.05) is 49.4 Å². The zero-order chi connectivity index (χ0) is 17.1. The Hall–Kier alpha value is -2.59. The van der Waals surface area contributed by atoms with Gasteiger partial charge < -0.3 is 10.6 Å². The van der Waals surface area contributed by atoms with Gasteiger partial charge in [-0.1, -0.05) is 29.8 Å². The number of hydrogen-bond acceptors (Lipinski definition) is 4. The molecule has 2 N–H and O–H groups in total. The van der Waals surface area contributed by atoms with Crippen LogP contribution in [0.25, 0.3) is 0 Å². The SMILES string of the molecule is Cc1cc(Nc2cccc(Cl)c2)nc(Nc2cccc(C)c2C)n1. The fourth-order valence-electron chi connectivity index (χ4n) is 2.41.